The second kappa shape index (κ2) is 3.97. The Hall–Kier alpha value is -1.75. The van der Waals surface area contributed by atoms with Gasteiger partial charge in [-0.1, -0.05) is 0 Å². The third kappa shape index (κ3) is 2.63. The van der Waals surface area contributed by atoms with Crippen molar-refractivity contribution in [3.05, 3.63) is 23.8 Å². The van der Waals surface area contributed by atoms with Crippen LogP contribution in [0.4, 0.5) is 0 Å². The first-order valence-electron chi connectivity index (χ1n) is 4.06. The lowest BCUT2D eigenvalue weighted by Gasteiger charge is -2.10. The number of benzene rings is 1. The van der Waals surface area contributed by atoms with Gasteiger partial charge in [-0.25, -0.2) is 0 Å². The maximum atomic E-state index is 10.6. The number of nitrogens with two attached hydrogens (primary N) is 2. The van der Waals surface area contributed by atoms with Crippen LogP contribution in [0.5, 0.6) is 11.5 Å². The van der Waals surface area contributed by atoms with Crippen LogP contribution in [0.15, 0.2) is 18.2 Å². The van der Waals surface area contributed by atoms with Gasteiger partial charge in [0.1, 0.15) is 11.5 Å². The molecule has 0 bridgehead atoms. The second-order valence-electron chi connectivity index (χ2n) is 3.06. The zero-order valence-corrected chi connectivity index (χ0v) is 7.47. The molecule has 0 aromatic heterocycles. The highest BCUT2D eigenvalue weighted by Crippen LogP contribution is 2.24. The van der Waals surface area contributed by atoms with E-state index >= 15 is 0 Å². The van der Waals surface area contributed by atoms with Gasteiger partial charge in [-0.2, -0.15) is 0 Å². The highest BCUT2D eigenvalue weighted by Gasteiger charge is 2.10. The molecule has 6 N–H and O–H groups in total. The second-order valence-corrected chi connectivity index (χ2v) is 3.06. The molecule has 1 rings (SSSR count). The maximum absolute atomic E-state index is 10.6. The van der Waals surface area contributed by atoms with Gasteiger partial charge in [-0.15, -0.1) is 0 Å². The standard InChI is InChI=1S/C9H12N2O3/c10-8(4-9(11)14)5-1-6(12)3-7(13)2-5/h1-3,8,12-13H,4,10H2,(H2,11,14). The van der Waals surface area contributed by atoms with Crippen LogP contribution in [0.2, 0.25) is 0 Å². The van der Waals surface area contributed by atoms with E-state index in [1.165, 1.54) is 18.2 Å². The van der Waals surface area contributed by atoms with Crippen LogP contribution in [0.1, 0.15) is 18.0 Å². The van der Waals surface area contributed by atoms with Crippen LogP contribution < -0.4 is 11.5 Å². The van der Waals surface area contributed by atoms with E-state index in [1.807, 2.05) is 0 Å². The summed E-state index contributed by atoms with van der Waals surface area (Å²) in [5, 5.41) is 18.3. The van der Waals surface area contributed by atoms with E-state index in [-0.39, 0.29) is 17.9 Å². The molecule has 76 valence electrons. The van der Waals surface area contributed by atoms with Gasteiger partial charge >= 0.3 is 0 Å². The van der Waals surface area contributed by atoms with Gasteiger partial charge in [0.05, 0.1) is 0 Å². The average molecular weight is 196 g/mol. The normalized spacial score (nSPS) is 12.4. The number of amides is 1. The first-order valence-corrected chi connectivity index (χ1v) is 4.06. The molecule has 0 heterocycles. The molecule has 1 atom stereocenters. The minimum Gasteiger partial charge on any atom is -0.508 e. The van der Waals surface area contributed by atoms with Crippen LogP contribution in [-0.4, -0.2) is 16.1 Å². The first kappa shape index (κ1) is 10.3. The monoisotopic (exact) mass is 196 g/mol. The molecule has 1 aromatic rings. The van der Waals surface area contributed by atoms with E-state index in [4.69, 9.17) is 21.7 Å². The van der Waals surface area contributed by atoms with Crippen LogP contribution in [0, 0.1) is 0 Å². The molecular weight excluding hydrogens is 184 g/mol. The zero-order chi connectivity index (χ0) is 10.7. The fraction of sp³-hybridized carbons (Fsp3) is 0.222. The molecule has 0 fully saturated rings. The summed E-state index contributed by atoms with van der Waals surface area (Å²) in [4.78, 5) is 10.6. The molecule has 0 aliphatic heterocycles. The van der Waals surface area contributed by atoms with E-state index < -0.39 is 11.9 Å². The molecule has 5 nitrogen and oxygen atoms in total. The van der Waals surface area contributed by atoms with Crippen molar-refractivity contribution in [3.63, 3.8) is 0 Å². The molecule has 0 aliphatic carbocycles. The number of carbonyl (C=O) groups is 1. The van der Waals surface area contributed by atoms with Crippen LogP contribution in [0.3, 0.4) is 0 Å². The Morgan fingerprint density at radius 2 is 1.79 bits per heavy atom. The Labute approximate surface area is 81.0 Å². The van der Waals surface area contributed by atoms with E-state index in [2.05, 4.69) is 0 Å². The summed E-state index contributed by atoms with van der Waals surface area (Å²) < 4.78 is 0. The Balaban J connectivity index is 2.89. The summed E-state index contributed by atoms with van der Waals surface area (Å²) in [6.45, 7) is 0. The van der Waals surface area contributed by atoms with Crippen molar-refractivity contribution in [1.29, 1.82) is 0 Å². The van der Waals surface area contributed by atoms with E-state index in [0.29, 0.717) is 5.56 Å². The molecule has 0 aliphatic rings. The predicted molar refractivity (Wildman–Crippen MR) is 50.5 cm³/mol. The Morgan fingerprint density at radius 1 is 1.29 bits per heavy atom. The van der Waals surface area contributed by atoms with Gasteiger partial charge in [-0.3, -0.25) is 4.79 Å². The maximum Gasteiger partial charge on any atom is 0.219 e. The summed E-state index contributed by atoms with van der Waals surface area (Å²) >= 11 is 0. The SMILES string of the molecule is NC(=O)CC(N)c1cc(O)cc(O)c1. The molecule has 1 unspecified atom stereocenters. The van der Waals surface area contributed by atoms with Gasteiger partial charge in [0.2, 0.25) is 5.91 Å². The number of hydrogen-bond donors (Lipinski definition) is 4. The van der Waals surface area contributed by atoms with Crippen LogP contribution in [0.25, 0.3) is 0 Å². The van der Waals surface area contributed by atoms with Crippen molar-refractivity contribution in [3.8, 4) is 11.5 Å². The highest BCUT2D eigenvalue weighted by molar-refractivity contribution is 5.74. The van der Waals surface area contributed by atoms with Gasteiger partial charge in [0, 0.05) is 18.5 Å². The summed E-state index contributed by atoms with van der Waals surface area (Å²) in [5.74, 6) is -0.722. The lowest BCUT2D eigenvalue weighted by Crippen LogP contribution is -2.20. The molecule has 1 aromatic carbocycles. The predicted octanol–water partition coefficient (Wildman–Crippen LogP) is -0.0270. The van der Waals surface area contributed by atoms with Gasteiger partial charge in [0.25, 0.3) is 0 Å². The quantitative estimate of drug-likeness (QED) is 0.544. The number of phenols is 2. The summed E-state index contributed by atoms with van der Waals surface area (Å²) in [5.41, 5.74) is 11.0. The average Bonchev–Trinajstić information content (AvgIpc) is 2.00. The van der Waals surface area contributed by atoms with Crippen molar-refractivity contribution in [2.24, 2.45) is 11.5 Å². The van der Waals surface area contributed by atoms with Crippen LogP contribution >= 0.6 is 0 Å². The number of rotatable bonds is 3. The minimum absolute atomic E-state index is 0.0249. The van der Waals surface area contributed by atoms with Crippen molar-refractivity contribution < 1.29 is 15.0 Å². The smallest absolute Gasteiger partial charge is 0.219 e. The number of carbonyl (C=O) groups excluding carboxylic acids is 1. The van der Waals surface area contributed by atoms with Crippen LogP contribution in [-0.2, 0) is 4.79 Å². The lowest BCUT2D eigenvalue weighted by molar-refractivity contribution is -0.118. The zero-order valence-electron chi connectivity index (χ0n) is 7.47. The third-order valence-electron chi connectivity index (χ3n) is 1.77. The number of hydrogen-bond acceptors (Lipinski definition) is 4. The third-order valence-corrected chi connectivity index (χ3v) is 1.77. The molecule has 0 saturated heterocycles. The highest BCUT2D eigenvalue weighted by atomic mass is 16.3. The molecule has 0 radical (unpaired) electrons. The summed E-state index contributed by atoms with van der Waals surface area (Å²) in [6, 6.07) is 3.34. The fourth-order valence-corrected chi connectivity index (χ4v) is 1.17. The molecule has 14 heavy (non-hydrogen) atoms. The Morgan fingerprint density at radius 3 is 2.21 bits per heavy atom. The Bertz CT molecular complexity index is 332. The fourth-order valence-electron chi connectivity index (χ4n) is 1.17. The largest absolute Gasteiger partial charge is 0.508 e. The van der Waals surface area contributed by atoms with Gasteiger partial charge in [-0.05, 0) is 17.7 Å². The van der Waals surface area contributed by atoms with Crippen molar-refractivity contribution in [2.75, 3.05) is 0 Å². The number of aromatic hydroxyl groups is 2. The topological polar surface area (TPSA) is 110 Å². The molecular formula is C9H12N2O3. The molecule has 0 spiro atoms. The number of primary amides is 1. The first-order chi connectivity index (χ1) is 6.49. The van der Waals surface area contributed by atoms with Crippen molar-refractivity contribution in [1.82, 2.24) is 0 Å². The van der Waals surface area contributed by atoms with E-state index in [9.17, 15) is 4.79 Å². The van der Waals surface area contributed by atoms with Crippen molar-refractivity contribution >= 4 is 5.91 Å². The summed E-state index contributed by atoms with van der Waals surface area (Å²) in [7, 11) is 0. The van der Waals surface area contributed by atoms with Gasteiger partial charge < -0.3 is 21.7 Å². The summed E-state index contributed by atoms with van der Waals surface area (Å²) in [6.07, 6.45) is -0.0249. The minimum atomic E-state index is -0.606. The molecule has 5 heteroatoms. The van der Waals surface area contributed by atoms with E-state index in [0.717, 1.165) is 0 Å². The van der Waals surface area contributed by atoms with Crippen molar-refractivity contribution in [2.45, 2.75) is 12.5 Å². The Kier molecular flexibility index (Phi) is 2.93. The van der Waals surface area contributed by atoms with E-state index in [1.54, 1.807) is 0 Å². The molecule has 1 amide bonds. The van der Waals surface area contributed by atoms with Gasteiger partial charge in [0.15, 0.2) is 0 Å². The lowest BCUT2D eigenvalue weighted by atomic mass is 10.0. The number of phenolic OH excluding ortho intramolecular Hbond substituents is 2. The molecule has 0 saturated carbocycles.